The molecule has 0 spiro atoms. The zero-order valence-corrected chi connectivity index (χ0v) is 11.0. The minimum absolute atomic E-state index is 0.0367. The molecule has 18 heavy (non-hydrogen) atoms. The second kappa shape index (κ2) is 7.71. The number of hydrogen-bond donors (Lipinski definition) is 2. The van der Waals surface area contributed by atoms with Gasteiger partial charge in [0, 0.05) is 0 Å². The van der Waals surface area contributed by atoms with Crippen LogP contribution in [0.15, 0.2) is 18.3 Å². The molecule has 1 amide bonds. The van der Waals surface area contributed by atoms with Crippen molar-refractivity contribution in [3.63, 3.8) is 0 Å². The Labute approximate surface area is 110 Å². The highest BCUT2D eigenvalue weighted by Crippen LogP contribution is 2.09. The van der Waals surface area contributed by atoms with Crippen molar-refractivity contribution in [2.45, 2.75) is 19.8 Å². The number of carbonyl (C=O) groups excluding carboxylic acids is 1. The highest BCUT2D eigenvalue weighted by Gasteiger charge is 2.06. The number of rotatable bonds is 7. The first-order valence-corrected chi connectivity index (χ1v) is 6.86. The Kier molecular flexibility index (Phi) is 6.21. The Bertz CT molecular complexity index is 406. The molecule has 0 fully saturated rings. The fourth-order valence-corrected chi connectivity index (χ4v) is 2.10. The molecule has 0 bridgehead atoms. The van der Waals surface area contributed by atoms with Crippen molar-refractivity contribution in [2.75, 3.05) is 16.8 Å². The van der Waals surface area contributed by atoms with E-state index in [-0.39, 0.29) is 11.6 Å². The predicted molar refractivity (Wildman–Crippen MR) is 72.1 cm³/mol. The summed E-state index contributed by atoms with van der Waals surface area (Å²) in [5, 5.41) is 11.3. The van der Waals surface area contributed by atoms with Gasteiger partial charge < -0.3 is 10.4 Å². The molecule has 0 radical (unpaired) electrons. The number of aromatic carboxylic acids is 1. The lowest BCUT2D eigenvalue weighted by molar-refractivity contribution is -0.113. The van der Waals surface area contributed by atoms with Crippen LogP contribution in [-0.2, 0) is 4.79 Å². The van der Waals surface area contributed by atoms with Gasteiger partial charge in [0.05, 0.1) is 17.6 Å². The fourth-order valence-electron chi connectivity index (χ4n) is 1.20. The molecule has 0 aliphatic heterocycles. The number of aromatic nitrogens is 1. The van der Waals surface area contributed by atoms with E-state index >= 15 is 0 Å². The summed E-state index contributed by atoms with van der Waals surface area (Å²) in [4.78, 5) is 25.8. The van der Waals surface area contributed by atoms with E-state index in [4.69, 9.17) is 5.11 Å². The maximum atomic E-state index is 11.5. The molecular formula is C12H16N2O3S. The maximum Gasteiger partial charge on any atom is 0.354 e. The summed E-state index contributed by atoms with van der Waals surface area (Å²) in [6.07, 6.45) is 3.57. The number of hydrogen-bond acceptors (Lipinski definition) is 4. The molecule has 0 saturated carbocycles. The lowest BCUT2D eigenvalue weighted by atomic mass is 10.3. The summed E-state index contributed by atoms with van der Waals surface area (Å²) in [5.41, 5.74) is 0.478. The Morgan fingerprint density at radius 1 is 1.44 bits per heavy atom. The van der Waals surface area contributed by atoms with Gasteiger partial charge in [-0.3, -0.25) is 4.79 Å². The quantitative estimate of drug-likeness (QED) is 0.741. The van der Waals surface area contributed by atoms with Crippen molar-refractivity contribution in [2.24, 2.45) is 0 Å². The standard InChI is InChI=1S/C12H16N2O3S/c1-2-3-6-18-8-11(15)14-9-4-5-10(12(16)17)13-7-9/h4-5,7H,2-3,6,8H2,1H3,(H,14,15)(H,16,17). The molecule has 1 aromatic rings. The van der Waals surface area contributed by atoms with Gasteiger partial charge in [0.2, 0.25) is 5.91 Å². The number of carbonyl (C=O) groups is 2. The van der Waals surface area contributed by atoms with Crippen LogP contribution in [0.4, 0.5) is 5.69 Å². The van der Waals surface area contributed by atoms with E-state index in [2.05, 4.69) is 17.2 Å². The smallest absolute Gasteiger partial charge is 0.354 e. The highest BCUT2D eigenvalue weighted by molar-refractivity contribution is 7.99. The van der Waals surface area contributed by atoms with E-state index in [1.807, 2.05) is 0 Å². The van der Waals surface area contributed by atoms with E-state index in [1.54, 1.807) is 11.8 Å². The molecular weight excluding hydrogens is 252 g/mol. The third kappa shape index (κ3) is 5.18. The number of anilines is 1. The molecule has 2 N–H and O–H groups in total. The van der Waals surface area contributed by atoms with Crippen molar-refractivity contribution < 1.29 is 14.7 Å². The van der Waals surface area contributed by atoms with Crippen LogP contribution in [0.5, 0.6) is 0 Å². The van der Waals surface area contributed by atoms with Gasteiger partial charge in [-0.15, -0.1) is 0 Å². The van der Waals surface area contributed by atoms with Crippen molar-refractivity contribution >= 4 is 29.3 Å². The molecule has 0 aromatic carbocycles. The van der Waals surface area contributed by atoms with E-state index in [0.717, 1.165) is 18.6 Å². The van der Waals surface area contributed by atoms with Crippen LogP contribution in [0.25, 0.3) is 0 Å². The Balaban J connectivity index is 2.37. The fraction of sp³-hybridized carbons (Fsp3) is 0.417. The number of thioether (sulfide) groups is 1. The van der Waals surface area contributed by atoms with Crippen LogP contribution in [0, 0.1) is 0 Å². The topological polar surface area (TPSA) is 79.3 Å². The number of nitrogens with one attached hydrogen (secondary N) is 1. The molecule has 5 nitrogen and oxygen atoms in total. The first-order chi connectivity index (χ1) is 8.63. The molecule has 1 aromatic heterocycles. The van der Waals surface area contributed by atoms with Crippen LogP contribution < -0.4 is 5.32 Å². The molecule has 1 heterocycles. The molecule has 0 aliphatic carbocycles. The van der Waals surface area contributed by atoms with E-state index in [0.29, 0.717) is 11.4 Å². The van der Waals surface area contributed by atoms with Crippen molar-refractivity contribution in [3.8, 4) is 0 Å². The average Bonchev–Trinajstić information content (AvgIpc) is 2.35. The van der Waals surface area contributed by atoms with Gasteiger partial charge in [-0.25, -0.2) is 9.78 Å². The predicted octanol–water partition coefficient (Wildman–Crippen LogP) is 2.25. The first kappa shape index (κ1) is 14.5. The molecule has 0 aliphatic rings. The molecule has 0 atom stereocenters. The largest absolute Gasteiger partial charge is 0.477 e. The molecule has 0 saturated heterocycles. The van der Waals surface area contributed by atoms with Crippen LogP contribution in [0.3, 0.4) is 0 Å². The van der Waals surface area contributed by atoms with Gasteiger partial charge in [0.1, 0.15) is 5.69 Å². The average molecular weight is 268 g/mol. The second-order valence-corrected chi connectivity index (χ2v) is 4.80. The summed E-state index contributed by atoms with van der Waals surface area (Å²) < 4.78 is 0. The van der Waals surface area contributed by atoms with Crippen molar-refractivity contribution in [3.05, 3.63) is 24.0 Å². The van der Waals surface area contributed by atoms with Gasteiger partial charge in [-0.05, 0) is 24.3 Å². The maximum absolute atomic E-state index is 11.5. The number of carboxylic acids is 1. The Morgan fingerprint density at radius 2 is 2.22 bits per heavy atom. The monoisotopic (exact) mass is 268 g/mol. The lowest BCUT2D eigenvalue weighted by Crippen LogP contribution is -2.14. The number of carboxylic acid groups (broad SMARTS) is 1. The zero-order valence-electron chi connectivity index (χ0n) is 10.2. The van der Waals surface area contributed by atoms with Gasteiger partial charge in [-0.1, -0.05) is 13.3 Å². The first-order valence-electron chi connectivity index (χ1n) is 5.70. The summed E-state index contributed by atoms with van der Waals surface area (Å²) in [5.74, 6) is 0.199. The van der Waals surface area contributed by atoms with Crippen LogP contribution in [-0.4, -0.2) is 33.5 Å². The minimum atomic E-state index is -1.08. The number of pyridine rings is 1. The van der Waals surface area contributed by atoms with Gasteiger partial charge >= 0.3 is 5.97 Å². The minimum Gasteiger partial charge on any atom is -0.477 e. The van der Waals surface area contributed by atoms with E-state index < -0.39 is 5.97 Å². The highest BCUT2D eigenvalue weighted by atomic mass is 32.2. The number of amides is 1. The van der Waals surface area contributed by atoms with Crippen molar-refractivity contribution in [1.82, 2.24) is 4.98 Å². The van der Waals surface area contributed by atoms with Crippen LogP contribution >= 0.6 is 11.8 Å². The molecule has 0 unspecified atom stereocenters. The second-order valence-electron chi connectivity index (χ2n) is 3.69. The van der Waals surface area contributed by atoms with Gasteiger partial charge in [0.25, 0.3) is 0 Å². The van der Waals surface area contributed by atoms with Gasteiger partial charge in [-0.2, -0.15) is 11.8 Å². The van der Waals surface area contributed by atoms with Crippen LogP contribution in [0.2, 0.25) is 0 Å². The third-order valence-corrected chi connectivity index (χ3v) is 3.19. The van der Waals surface area contributed by atoms with Gasteiger partial charge in [0.15, 0.2) is 0 Å². The summed E-state index contributed by atoms with van der Waals surface area (Å²) in [6, 6.07) is 2.90. The lowest BCUT2D eigenvalue weighted by Gasteiger charge is -2.04. The normalized spacial score (nSPS) is 10.1. The molecule has 1 rings (SSSR count). The molecule has 98 valence electrons. The van der Waals surface area contributed by atoms with E-state index in [1.165, 1.54) is 18.3 Å². The Morgan fingerprint density at radius 3 is 2.78 bits per heavy atom. The third-order valence-electron chi connectivity index (χ3n) is 2.14. The number of nitrogens with zero attached hydrogens (tertiary/aromatic N) is 1. The van der Waals surface area contributed by atoms with E-state index in [9.17, 15) is 9.59 Å². The molecule has 6 heteroatoms. The summed E-state index contributed by atoms with van der Waals surface area (Å²) in [7, 11) is 0. The SMILES string of the molecule is CCCCSCC(=O)Nc1ccc(C(=O)O)nc1. The summed E-state index contributed by atoms with van der Waals surface area (Å²) >= 11 is 1.59. The zero-order chi connectivity index (χ0) is 13.4. The summed E-state index contributed by atoms with van der Waals surface area (Å²) in [6.45, 7) is 2.11. The Hall–Kier alpha value is -1.56. The van der Waals surface area contributed by atoms with Crippen LogP contribution in [0.1, 0.15) is 30.3 Å². The van der Waals surface area contributed by atoms with Crippen molar-refractivity contribution in [1.29, 1.82) is 0 Å². The number of unbranched alkanes of at least 4 members (excludes halogenated alkanes) is 1.